The van der Waals surface area contributed by atoms with Crippen molar-refractivity contribution in [3.05, 3.63) is 77.6 Å². The molecule has 1 unspecified atom stereocenters. The highest BCUT2D eigenvalue weighted by molar-refractivity contribution is 5.95. The molecular formula is C27H35N5O. The predicted octanol–water partition coefficient (Wildman–Crippen LogP) is 4.24. The smallest absolute Gasteiger partial charge is 0.254 e. The molecule has 33 heavy (non-hydrogen) atoms. The van der Waals surface area contributed by atoms with Crippen LogP contribution < -0.4 is 10.2 Å². The van der Waals surface area contributed by atoms with Gasteiger partial charge in [-0.1, -0.05) is 49.7 Å². The summed E-state index contributed by atoms with van der Waals surface area (Å²) in [6.45, 7) is 13.1. The summed E-state index contributed by atoms with van der Waals surface area (Å²) >= 11 is 0. The molecule has 1 atom stereocenters. The van der Waals surface area contributed by atoms with E-state index in [9.17, 15) is 4.79 Å². The van der Waals surface area contributed by atoms with E-state index >= 15 is 0 Å². The minimum absolute atomic E-state index is 0.0492. The number of hydrogen-bond donors (Lipinski definition) is 1. The van der Waals surface area contributed by atoms with Gasteiger partial charge in [0.2, 0.25) is 0 Å². The Balaban J connectivity index is 1.36. The maximum atomic E-state index is 13.1. The average molecular weight is 446 g/mol. The van der Waals surface area contributed by atoms with Crippen molar-refractivity contribution < 1.29 is 4.79 Å². The molecule has 1 amide bonds. The molecule has 0 bridgehead atoms. The molecule has 2 aromatic carbocycles. The Kier molecular flexibility index (Phi) is 7.14. The van der Waals surface area contributed by atoms with Gasteiger partial charge in [-0.2, -0.15) is 5.10 Å². The molecule has 1 N–H and O–H groups in total. The van der Waals surface area contributed by atoms with Crippen molar-refractivity contribution in [2.45, 2.75) is 39.7 Å². The number of aryl methyl sites for hydroxylation is 1. The Morgan fingerprint density at radius 1 is 0.939 bits per heavy atom. The summed E-state index contributed by atoms with van der Waals surface area (Å²) in [6, 6.07) is 19.1. The minimum Gasteiger partial charge on any atom is -0.369 e. The van der Waals surface area contributed by atoms with E-state index in [2.05, 4.69) is 90.4 Å². The molecular weight excluding hydrogens is 410 g/mol. The van der Waals surface area contributed by atoms with Gasteiger partial charge in [0, 0.05) is 44.5 Å². The fraction of sp³-hybridized carbons (Fsp3) is 0.407. The van der Waals surface area contributed by atoms with Crippen molar-refractivity contribution in [2.24, 2.45) is 0 Å². The minimum atomic E-state index is -0.0492. The number of nitrogens with one attached hydrogen (secondary N) is 1. The number of nitrogens with zero attached hydrogens (tertiary/aromatic N) is 4. The van der Waals surface area contributed by atoms with Crippen molar-refractivity contribution in [1.82, 2.24) is 20.0 Å². The zero-order valence-corrected chi connectivity index (χ0v) is 20.2. The second kappa shape index (κ2) is 10.2. The molecule has 0 saturated carbocycles. The number of rotatable bonds is 7. The van der Waals surface area contributed by atoms with Gasteiger partial charge in [0.1, 0.15) is 0 Å². The van der Waals surface area contributed by atoms with E-state index in [-0.39, 0.29) is 17.9 Å². The van der Waals surface area contributed by atoms with Crippen molar-refractivity contribution in [3.63, 3.8) is 0 Å². The maximum absolute atomic E-state index is 13.1. The summed E-state index contributed by atoms with van der Waals surface area (Å²) in [5, 5.41) is 7.71. The van der Waals surface area contributed by atoms with Crippen LogP contribution in [0.25, 0.3) is 5.69 Å². The first-order chi connectivity index (χ1) is 15.9. The lowest BCUT2D eigenvalue weighted by Gasteiger charge is -2.39. The molecule has 1 saturated heterocycles. The predicted molar refractivity (Wildman–Crippen MR) is 134 cm³/mol. The first-order valence-corrected chi connectivity index (χ1v) is 11.9. The Bertz CT molecular complexity index is 1050. The van der Waals surface area contributed by atoms with Crippen molar-refractivity contribution >= 4 is 11.6 Å². The Labute approximate surface area is 197 Å². The summed E-state index contributed by atoms with van der Waals surface area (Å²) in [6.07, 6.45) is 1.70. The number of carbonyl (C=O) groups is 1. The molecule has 4 rings (SSSR count). The molecule has 3 aromatic rings. The number of amides is 1. The van der Waals surface area contributed by atoms with Crippen LogP contribution in [-0.4, -0.2) is 59.4 Å². The largest absolute Gasteiger partial charge is 0.369 e. The third-order valence-electron chi connectivity index (χ3n) is 6.49. The fourth-order valence-corrected chi connectivity index (χ4v) is 4.50. The molecule has 174 valence electrons. The Hall–Kier alpha value is -3.12. The van der Waals surface area contributed by atoms with Crippen LogP contribution in [0.3, 0.4) is 0 Å². The fourth-order valence-electron chi connectivity index (χ4n) is 4.50. The van der Waals surface area contributed by atoms with Gasteiger partial charge in [-0.05, 0) is 44.0 Å². The number of aromatic nitrogens is 2. The molecule has 1 fully saturated rings. The van der Waals surface area contributed by atoms with Crippen molar-refractivity contribution in [1.29, 1.82) is 0 Å². The van der Waals surface area contributed by atoms with Gasteiger partial charge in [-0.15, -0.1) is 0 Å². The van der Waals surface area contributed by atoms with E-state index in [0.29, 0.717) is 12.1 Å². The van der Waals surface area contributed by atoms with Crippen LogP contribution in [0.15, 0.2) is 60.8 Å². The highest BCUT2D eigenvalue weighted by Crippen LogP contribution is 2.23. The van der Waals surface area contributed by atoms with Crippen LogP contribution in [0.2, 0.25) is 0 Å². The molecule has 1 aliphatic heterocycles. The van der Waals surface area contributed by atoms with Gasteiger partial charge >= 0.3 is 0 Å². The number of benzene rings is 2. The van der Waals surface area contributed by atoms with Crippen molar-refractivity contribution in [2.75, 3.05) is 37.6 Å². The van der Waals surface area contributed by atoms with E-state index in [0.717, 1.165) is 37.6 Å². The molecule has 0 spiro atoms. The molecule has 1 aromatic heterocycles. The van der Waals surface area contributed by atoms with Crippen LogP contribution in [0.4, 0.5) is 5.69 Å². The summed E-state index contributed by atoms with van der Waals surface area (Å²) in [4.78, 5) is 18.0. The lowest BCUT2D eigenvalue weighted by atomic mass is 10.0. The van der Waals surface area contributed by atoms with E-state index in [1.807, 2.05) is 16.8 Å². The second-order valence-electron chi connectivity index (χ2n) is 9.26. The van der Waals surface area contributed by atoms with Gasteiger partial charge < -0.3 is 10.2 Å². The number of anilines is 1. The monoisotopic (exact) mass is 445 g/mol. The second-order valence-corrected chi connectivity index (χ2v) is 9.26. The first kappa shape index (κ1) is 23.1. The Morgan fingerprint density at radius 3 is 2.24 bits per heavy atom. The third kappa shape index (κ3) is 5.28. The highest BCUT2D eigenvalue weighted by atomic mass is 16.1. The number of piperazine rings is 1. The van der Waals surface area contributed by atoms with Gasteiger partial charge in [-0.25, -0.2) is 4.68 Å². The molecule has 6 heteroatoms. The third-order valence-corrected chi connectivity index (χ3v) is 6.49. The zero-order chi connectivity index (χ0) is 23.4. The Morgan fingerprint density at radius 2 is 1.61 bits per heavy atom. The molecule has 6 nitrogen and oxygen atoms in total. The SMILES string of the molecule is Cc1ccc(-n2ncc(C(=O)NCC(C)N3CCN(c4ccccc4)CC3)c2C(C)C)cc1. The van der Waals surface area contributed by atoms with E-state index in [1.54, 1.807) is 6.20 Å². The summed E-state index contributed by atoms with van der Waals surface area (Å²) in [7, 11) is 0. The normalized spacial score (nSPS) is 15.6. The van der Waals surface area contributed by atoms with E-state index in [1.165, 1.54) is 11.3 Å². The van der Waals surface area contributed by atoms with Gasteiger partial charge in [0.05, 0.1) is 23.1 Å². The van der Waals surface area contributed by atoms with Crippen molar-refractivity contribution in [3.8, 4) is 5.69 Å². The molecule has 0 radical (unpaired) electrons. The van der Waals surface area contributed by atoms with Crippen LogP contribution in [-0.2, 0) is 0 Å². The lowest BCUT2D eigenvalue weighted by molar-refractivity contribution is 0.0933. The molecule has 1 aliphatic rings. The van der Waals surface area contributed by atoms with Crippen LogP contribution in [0.1, 0.15) is 48.3 Å². The molecule has 2 heterocycles. The topological polar surface area (TPSA) is 53.4 Å². The van der Waals surface area contributed by atoms with Gasteiger partial charge in [0.25, 0.3) is 5.91 Å². The number of para-hydroxylation sites is 1. The highest BCUT2D eigenvalue weighted by Gasteiger charge is 2.24. The van der Waals surface area contributed by atoms with Crippen LogP contribution >= 0.6 is 0 Å². The quantitative estimate of drug-likeness (QED) is 0.591. The molecule has 0 aliphatic carbocycles. The summed E-state index contributed by atoms with van der Waals surface area (Å²) in [5.41, 5.74) is 5.07. The first-order valence-electron chi connectivity index (χ1n) is 11.9. The number of carbonyl (C=O) groups excluding carboxylic acids is 1. The van der Waals surface area contributed by atoms with Gasteiger partial charge in [0.15, 0.2) is 0 Å². The summed E-state index contributed by atoms with van der Waals surface area (Å²) < 4.78 is 1.89. The van der Waals surface area contributed by atoms with E-state index in [4.69, 9.17) is 0 Å². The summed E-state index contributed by atoms with van der Waals surface area (Å²) in [5.74, 6) is 0.130. The maximum Gasteiger partial charge on any atom is 0.254 e. The van der Waals surface area contributed by atoms with Gasteiger partial charge in [-0.3, -0.25) is 9.69 Å². The zero-order valence-electron chi connectivity index (χ0n) is 20.2. The van der Waals surface area contributed by atoms with Crippen LogP contribution in [0, 0.1) is 6.92 Å². The van der Waals surface area contributed by atoms with Crippen LogP contribution in [0.5, 0.6) is 0 Å². The lowest BCUT2D eigenvalue weighted by Crippen LogP contribution is -2.52. The standard InChI is InChI=1S/C27H35N5O/c1-20(2)26-25(19-29-32(26)24-12-10-21(3)11-13-24)27(33)28-18-22(4)30-14-16-31(17-15-30)23-8-6-5-7-9-23/h5-13,19-20,22H,14-18H2,1-4H3,(H,28,33). The average Bonchev–Trinajstić information content (AvgIpc) is 3.29. The number of hydrogen-bond acceptors (Lipinski definition) is 4. The van der Waals surface area contributed by atoms with E-state index < -0.39 is 0 Å².